The molecular weight excluding hydrogens is 254 g/mol. The summed E-state index contributed by atoms with van der Waals surface area (Å²) in [4.78, 5) is 11.8. The lowest BCUT2D eigenvalue weighted by molar-refractivity contribution is -0.110. The van der Waals surface area contributed by atoms with E-state index >= 15 is 0 Å². The van der Waals surface area contributed by atoms with E-state index in [-0.39, 0.29) is 5.91 Å². The maximum Gasteiger partial charge on any atom is 0.256 e. The van der Waals surface area contributed by atoms with Gasteiger partial charge in [-0.05, 0) is 46.7 Å². The molecule has 0 radical (unpaired) electrons. The van der Waals surface area contributed by atoms with Crippen molar-refractivity contribution in [3.63, 3.8) is 0 Å². The third kappa shape index (κ3) is 1.88. The smallest absolute Gasteiger partial charge is 0.256 e. The summed E-state index contributed by atoms with van der Waals surface area (Å²) in [7, 11) is 0. The number of fused-ring (bicyclic) bond motifs is 1. The highest BCUT2D eigenvalue weighted by Crippen LogP contribution is 2.35. The summed E-state index contributed by atoms with van der Waals surface area (Å²) in [5.41, 5.74) is 3.39. The van der Waals surface area contributed by atoms with E-state index in [0.717, 1.165) is 16.8 Å². The number of nitrogens with one attached hydrogen (secondary N) is 1. The number of hydrogen-bond acceptors (Lipinski definition) is 2. The Kier molecular flexibility index (Phi) is 2.50. The van der Waals surface area contributed by atoms with E-state index in [9.17, 15) is 4.79 Å². The molecule has 1 amide bonds. The molecule has 0 fully saturated rings. The summed E-state index contributed by atoms with van der Waals surface area (Å²) in [5, 5.41) is 7.45. The van der Waals surface area contributed by atoms with Gasteiger partial charge in [0, 0.05) is 21.8 Å². The molecule has 0 spiro atoms. The molecule has 84 valence electrons. The van der Waals surface area contributed by atoms with Gasteiger partial charge in [-0.1, -0.05) is 11.6 Å². The Morgan fingerprint density at radius 3 is 2.94 bits per heavy atom. The Hall–Kier alpha value is -1.58. The van der Waals surface area contributed by atoms with Gasteiger partial charge in [-0.25, -0.2) is 0 Å². The minimum Gasteiger partial charge on any atom is -0.321 e. The van der Waals surface area contributed by atoms with Gasteiger partial charge in [0.25, 0.3) is 5.91 Å². The highest BCUT2D eigenvalue weighted by molar-refractivity contribution is 7.08. The highest BCUT2D eigenvalue weighted by atomic mass is 35.5. The van der Waals surface area contributed by atoms with Gasteiger partial charge in [0.15, 0.2) is 0 Å². The molecule has 0 aliphatic carbocycles. The number of benzene rings is 1. The Morgan fingerprint density at radius 2 is 2.18 bits per heavy atom. The summed E-state index contributed by atoms with van der Waals surface area (Å²) >= 11 is 7.56. The molecule has 0 saturated heterocycles. The normalized spacial score (nSPS) is 16.1. The molecule has 17 heavy (non-hydrogen) atoms. The molecule has 2 aromatic rings. The van der Waals surface area contributed by atoms with Gasteiger partial charge < -0.3 is 5.32 Å². The molecule has 1 N–H and O–H groups in total. The lowest BCUT2D eigenvalue weighted by Gasteiger charge is -1.98. The van der Waals surface area contributed by atoms with Crippen molar-refractivity contribution in [3.05, 3.63) is 51.2 Å². The van der Waals surface area contributed by atoms with Crippen LogP contribution in [0.3, 0.4) is 0 Å². The molecular formula is C13H8ClNOS. The Morgan fingerprint density at radius 1 is 1.29 bits per heavy atom. The fourth-order valence-corrected chi connectivity index (χ4v) is 2.62. The van der Waals surface area contributed by atoms with Crippen LogP contribution in [0.5, 0.6) is 0 Å². The van der Waals surface area contributed by atoms with E-state index in [1.165, 1.54) is 0 Å². The second-order valence-electron chi connectivity index (χ2n) is 3.76. The van der Waals surface area contributed by atoms with Gasteiger partial charge in [0.2, 0.25) is 0 Å². The SMILES string of the molecule is O=C1Nc2ccc(Cl)cc2/C1=C\c1ccsc1. The van der Waals surface area contributed by atoms with E-state index in [1.54, 1.807) is 17.4 Å². The monoisotopic (exact) mass is 261 g/mol. The van der Waals surface area contributed by atoms with Crippen molar-refractivity contribution in [2.75, 3.05) is 5.32 Å². The Balaban J connectivity index is 2.13. The number of amides is 1. The van der Waals surface area contributed by atoms with Gasteiger partial charge >= 0.3 is 0 Å². The first-order valence-electron chi connectivity index (χ1n) is 5.09. The molecule has 3 rings (SSSR count). The molecule has 1 aromatic heterocycles. The molecule has 0 unspecified atom stereocenters. The standard InChI is InChI=1S/C13H8ClNOS/c14-9-1-2-12-10(6-9)11(13(16)15-12)5-8-3-4-17-7-8/h1-7H,(H,15,16)/b11-5+. The molecule has 0 bridgehead atoms. The molecule has 1 aliphatic heterocycles. The van der Waals surface area contributed by atoms with Crippen LogP contribution in [-0.2, 0) is 4.79 Å². The van der Waals surface area contributed by atoms with Crippen LogP contribution in [0.1, 0.15) is 11.1 Å². The van der Waals surface area contributed by atoms with Crippen LogP contribution in [0.15, 0.2) is 35.0 Å². The third-order valence-corrected chi connectivity index (χ3v) is 3.56. The second-order valence-corrected chi connectivity index (χ2v) is 4.98. The molecule has 0 saturated carbocycles. The maximum absolute atomic E-state index is 11.8. The van der Waals surface area contributed by atoms with Gasteiger partial charge in [-0.2, -0.15) is 11.3 Å². The first-order chi connectivity index (χ1) is 8.24. The predicted molar refractivity (Wildman–Crippen MR) is 72.3 cm³/mol. The second kappa shape index (κ2) is 4.02. The molecule has 2 nitrogen and oxygen atoms in total. The van der Waals surface area contributed by atoms with Crippen molar-refractivity contribution >= 4 is 46.2 Å². The van der Waals surface area contributed by atoms with Gasteiger partial charge in [0.05, 0.1) is 0 Å². The molecule has 1 aromatic carbocycles. The third-order valence-electron chi connectivity index (χ3n) is 2.62. The number of thiophene rings is 1. The minimum atomic E-state index is -0.0755. The number of halogens is 1. The number of carbonyl (C=O) groups excluding carboxylic acids is 1. The van der Waals surface area contributed by atoms with Crippen molar-refractivity contribution in [3.8, 4) is 0 Å². The molecule has 2 heterocycles. The Labute approximate surface area is 108 Å². The van der Waals surface area contributed by atoms with E-state index in [4.69, 9.17) is 11.6 Å². The van der Waals surface area contributed by atoms with E-state index in [1.807, 2.05) is 35.0 Å². The van der Waals surface area contributed by atoms with Crippen molar-refractivity contribution < 1.29 is 4.79 Å². The lowest BCUT2D eigenvalue weighted by atomic mass is 10.1. The first-order valence-corrected chi connectivity index (χ1v) is 6.41. The van der Waals surface area contributed by atoms with Crippen LogP contribution in [0.4, 0.5) is 5.69 Å². The molecule has 4 heteroatoms. The largest absolute Gasteiger partial charge is 0.321 e. The highest BCUT2D eigenvalue weighted by Gasteiger charge is 2.23. The van der Waals surface area contributed by atoms with Crippen molar-refractivity contribution in [2.24, 2.45) is 0 Å². The first kappa shape index (κ1) is 10.6. The van der Waals surface area contributed by atoms with Crippen LogP contribution >= 0.6 is 22.9 Å². The maximum atomic E-state index is 11.8. The summed E-state index contributed by atoms with van der Waals surface area (Å²) in [5.74, 6) is -0.0755. The van der Waals surface area contributed by atoms with Gasteiger partial charge in [0.1, 0.15) is 0 Å². The summed E-state index contributed by atoms with van der Waals surface area (Å²) in [6, 6.07) is 7.39. The van der Waals surface area contributed by atoms with Crippen LogP contribution < -0.4 is 5.32 Å². The number of rotatable bonds is 1. The summed E-state index contributed by atoms with van der Waals surface area (Å²) < 4.78 is 0. The van der Waals surface area contributed by atoms with E-state index < -0.39 is 0 Å². The predicted octanol–water partition coefficient (Wildman–Crippen LogP) is 3.89. The van der Waals surface area contributed by atoms with Crippen LogP contribution in [-0.4, -0.2) is 5.91 Å². The van der Waals surface area contributed by atoms with Crippen LogP contribution in [0.2, 0.25) is 5.02 Å². The zero-order valence-electron chi connectivity index (χ0n) is 8.74. The van der Waals surface area contributed by atoms with Crippen molar-refractivity contribution in [1.82, 2.24) is 0 Å². The molecule has 0 atom stereocenters. The minimum absolute atomic E-state index is 0.0755. The fourth-order valence-electron chi connectivity index (χ4n) is 1.83. The Bertz CT molecular complexity index is 616. The van der Waals surface area contributed by atoms with E-state index in [2.05, 4.69) is 5.32 Å². The number of anilines is 1. The van der Waals surface area contributed by atoms with Gasteiger partial charge in [-0.15, -0.1) is 0 Å². The van der Waals surface area contributed by atoms with Crippen molar-refractivity contribution in [2.45, 2.75) is 0 Å². The average molecular weight is 262 g/mol. The van der Waals surface area contributed by atoms with Gasteiger partial charge in [-0.3, -0.25) is 4.79 Å². The molecule has 1 aliphatic rings. The fraction of sp³-hybridized carbons (Fsp3) is 0. The zero-order valence-corrected chi connectivity index (χ0v) is 10.3. The quantitative estimate of drug-likeness (QED) is 0.775. The van der Waals surface area contributed by atoms with Crippen molar-refractivity contribution in [1.29, 1.82) is 0 Å². The topological polar surface area (TPSA) is 29.1 Å². The zero-order chi connectivity index (χ0) is 11.8. The van der Waals surface area contributed by atoms with Crippen LogP contribution in [0.25, 0.3) is 11.6 Å². The van der Waals surface area contributed by atoms with E-state index in [0.29, 0.717) is 10.6 Å². The average Bonchev–Trinajstić information content (AvgIpc) is 2.90. The summed E-state index contributed by atoms with van der Waals surface area (Å²) in [6.07, 6.45) is 1.88. The summed E-state index contributed by atoms with van der Waals surface area (Å²) in [6.45, 7) is 0. The van der Waals surface area contributed by atoms with Crippen LogP contribution in [0, 0.1) is 0 Å². The number of carbonyl (C=O) groups is 1. The lowest BCUT2D eigenvalue weighted by Crippen LogP contribution is -2.03. The number of hydrogen-bond donors (Lipinski definition) is 1.